The van der Waals surface area contributed by atoms with Gasteiger partial charge in [-0.1, -0.05) is 6.07 Å². The molecule has 7 nitrogen and oxygen atoms in total. The number of ether oxygens (including phenoxy) is 1. The van der Waals surface area contributed by atoms with Gasteiger partial charge in [0.2, 0.25) is 5.91 Å². The lowest BCUT2D eigenvalue weighted by atomic mass is 10.1. The Bertz CT molecular complexity index is 614. The Labute approximate surface area is 141 Å². The van der Waals surface area contributed by atoms with Crippen LogP contribution in [0.2, 0.25) is 0 Å². The second-order valence-corrected chi connectivity index (χ2v) is 6.27. The number of nitrogens with zero attached hydrogens (tertiary/aromatic N) is 2. The Morgan fingerprint density at radius 2 is 2.08 bits per heavy atom. The number of hydrogen-bond donors (Lipinski definition) is 2. The van der Waals surface area contributed by atoms with E-state index in [1.165, 1.54) is 0 Å². The highest BCUT2D eigenvalue weighted by Gasteiger charge is 2.33. The molecule has 24 heavy (non-hydrogen) atoms. The fourth-order valence-electron chi connectivity index (χ4n) is 3.17. The average molecular weight is 333 g/mol. The van der Waals surface area contributed by atoms with Gasteiger partial charge in [-0.05, 0) is 25.0 Å². The van der Waals surface area contributed by atoms with Gasteiger partial charge in [-0.3, -0.25) is 4.79 Å². The molecule has 1 aromatic rings. The summed E-state index contributed by atoms with van der Waals surface area (Å²) in [5.74, 6) is 0.683. The lowest BCUT2D eigenvalue weighted by Crippen LogP contribution is -2.49. The van der Waals surface area contributed by atoms with E-state index in [4.69, 9.17) is 4.74 Å². The third-order valence-electron chi connectivity index (χ3n) is 4.57. The topological polar surface area (TPSA) is 82.1 Å². The number of piperidine rings is 1. The van der Waals surface area contributed by atoms with Crippen LogP contribution in [-0.2, 0) is 4.79 Å². The average Bonchev–Trinajstić information content (AvgIpc) is 2.95. The first-order valence-corrected chi connectivity index (χ1v) is 8.24. The Balaban J connectivity index is 1.59. The summed E-state index contributed by atoms with van der Waals surface area (Å²) in [7, 11) is 1.59. The maximum atomic E-state index is 12.3. The van der Waals surface area contributed by atoms with Crippen LogP contribution in [0.1, 0.15) is 19.3 Å². The number of nitrogens with one attached hydrogen (secondary N) is 1. The largest absolute Gasteiger partial charge is 0.497 e. The number of likely N-dealkylation sites (tertiary alicyclic amines) is 1. The number of hydrogen-bond acceptors (Lipinski definition) is 4. The third kappa shape index (κ3) is 3.62. The smallest absolute Gasteiger partial charge is 0.317 e. The second-order valence-electron chi connectivity index (χ2n) is 6.27. The predicted octanol–water partition coefficient (Wildman–Crippen LogP) is 0.967. The number of rotatable bonds is 3. The first-order valence-electron chi connectivity index (χ1n) is 8.24. The summed E-state index contributed by atoms with van der Waals surface area (Å²) < 4.78 is 5.19. The van der Waals surface area contributed by atoms with Crippen LogP contribution in [0, 0.1) is 0 Å². The lowest BCUT2D eigenvalue weighted by molar-refractivity contribution is -0.117. The van der Waals surface area contributed by atoms with Gasteiger partial charge in [0.25, 0.3) is 0 Å². The molecule has 0 aliphatic carbocycles. The summed E-state index contributed by atoms with van der Waals surface area (Å²) in [5.41, 5.74) is 0.775. The molecule has 2 N–H and O–H groups in total. The van der Waals surface area contributed by atoms with Crippen LogP contribution in [0.5, 0.6) is 5.75 Å². The SMILES string of the molecule is COc1cccc(N2CC(NC(=O)N3CCC(O)CC3)CC2=O)c1. The van der Waals surface area contributed by atoms with Crippen molar-refractivity contribution in [2.45, 2.75) is 31.4 Å². The van der Waals surface area contributed by atoms with E-state index in [-0.39, 0.29) is 24.1 Å². The summed E-state index contributed by atoms with van der Waals surface area (Å²) in [5, 5.41) is 12.4. The molecule has 0 radical (unpaired) electrons. The van der Waals surface area contributed by atoms with Crippen molar-refractivity contribution in [3.8, 4) is 5.75 Å². The molecule has 2 aliphatic heterocycles. The fraction of sp³-hybridized carbons (Fsp3) is 0.529. The number of anilines is 1. The molecule has 2 saturated heterocycles. The second kappa shape index (κ2) is 7.09. The van der Waals surface area contributed by atoms with E-state index in [2.05, 4.69) is 5.32 Å². The van der Waals surface area contributed by atoms with E-state index >= 15 is 0 Å². The van der Waals surface area contributed by atoms with Crippen LogP contribution in [0.4, 0.5) is 10.5 Å². The first-order chi connectivity index (χ1) is 11.6. The monoisotopic (exact) mass is 333 g/mol. The molecule has 2 aliphatic rings. The van der Waals surface area contributed by atoms with Gasteiger partial charge in [-0.25, -0.2) is 4.79 Å². The maximum absolute atomic E-state index is 12.3. The Kier molecular flexibility index (Phi) is 4.89. The van der Waals surface area contributed by atoms with Crippen molar-refractivity contribution < 1.29 is 19.4 Å². The zero-order chi connectivity index (χ0) is 17.1. The first kappa shape index (κ1) is 16.6. The van der Waals surface area contributed by atoms with Gasteiger partial charge in [0.05, 0.1) is 19.3 Å². The Hall–Kier alpha value is -2.28. The van der Waals surface area contributed by atoms with Gasteiger partial charge in [0.15, 0.2) is 0 Å². The lowest BCUT2D eigenvalue weighted by Gasteiger charge is -2.30. The van der Waals surface area contributed by atoms with E-state index in [0.29, 0.717) is 44.6 Å². The van der Waals surface area contributed by atoms with E-state index in [1.807, 2.05) is 24.3 Å². The molecular formula is C17H23N3O4. The molecule has 2 heterocycles. The van der Waals surface area contributed by atoms with Crippen LogP contribution >= 0.6 is 0 Å². The number of carbonyl (C=O) groups is 2. The van der Waals surface area contributed by atoms with Gasteiger partial charge in [-0.15, -0.1) is 0 Å². The summed E-state index contributed by atoms with van der Waals surface area (Å²) in [6, 6.07) is 6.97. The summed E-state index contributed by atoms with van der Waals surface area (Å²) in [6.07, 6.45) is 1.19. The Morgan fingerprint density at radius 3 is 2.79 bits per heavy atom. The number of benzene rings is 1. The molecular weight excluding hydrogens is 310 g/mol. The normalized spacial score (nSPS) is 21.9. The van der Waals surface area contributed by atoms with Crippen LogP contribution in [0.3, 0.4) is 0 Å². The minimum atomic E-state index is -0.314. The van der Waals surface area contributed by atoms with E-state index in [0.717, 1.165) is 5.69 Å². The van der Waals surface area contributed by atoms with Gasteiger partial charge in [0.1, 0.15) is 5.75 Å². The van der Waals surface area contributed by atoms with Crippen molar-refractivity contribution in [2.24, 2.45) is 0 Å². The summed E-state index contributed by atoms with van der Waals surface area (Å²) in [6.45, 7) is 1.55. The Morgan fingerprint density at radius 1 is 1.33 bits per heavy atom. The summed E-state index contributed by atoms with van der Waals surface area (Å²) in [4.78, 5) is 27.9. The molecule has 3 amide bonds. The molecule has 130 valence electrons. The van der Waals surface area contributed by atoms with Crippen LogP contribution < -0.4 is 15.0 Å². The van der Waals surface area contributed by atoms with E-state index in [9.17, 15) is 14.7 Å². The predicted molar refractivity (Wildman–Crippen MR) is 89.1 cm³/mol. The number of urea groups is 1. The van der Waals surface area contributed by atoms with Crippen LogP contribution in [-0.4, -0.2) is 60.8 Å². The van der Waals surface area contributed by atoms with Crippen molar-refractivity contribution in [3.05, 3.63) is 24.3 Å². The molecule has 0 spiro atoms. The molecule has 0 aromatic heterocycles. The van der Waals surface area contributed by atoms with Crippen molar-refractivity contribution in [2.75, 3.05) is 31.6 Å². The van der Waals surface area contributed by atoms with Crippen molar-refractivity contribution >= 4 is 17.6 Å². The zero-order valence-electron chi connectivity index (χ0n) is 13.8. The van der Waals surface area contributed by atoms with E-state index in [1.54, 1.807) is 16.9 Å². The van der Waals surface area contributed by atoms with Gasteiger partial charge in [0, 0.05) is 37.8 Å². The standard InChI is InChI=1S/C17H23N3O4/c1-24-15-4-2-3-13(10-15)20-11-12(9-16(20)22)18-17(23)19-7-5-14(21)6-8-19/h2-4,10,12,14,21H,5-9,11H2,1H3,(H,18,23). The third-order valence-corrected chi connectivity index (χ3v) is 4.57. The van der Waals surface area contributed by atoms with Crippen molar-refractivity contribution in [3.63, 3.8) is 0 Å². The number of aliphatic hydroxyl groups is 1. The van der Waals surface area contributed by atoms with Gasteiger partial charge < -0.3 is 25.0 Å². The van der Waals surface area contributed by atoms with Gasteiger partial charge in [-0.2, -0.15) is 0 Å². The molecule has 0 saturated carbocycles. The van der Waals surface area contributed by atoms with Crippen molar-refractivity contribution in [1.82, 2.24) is 10.2 Å². The number of carbonyl (C=O) groups excluding carboxylic acids is 2. The van der Waals surface area contributed by atoms with Gasteiger partial charge >= 0.3 is 6.03 Å². The molecule has 1 unspecified atom stereocenters. The molecule has 0 bridgehead atoms. The minimum absolute atomic E-state index is 0.0115. The number of amides is 3. The number of aliphatic hydroxyl groups excluding tert-OH is 1. The molecule has 2 fully saturated rings. The molecule has 1 atom stereocenters. The summed E-state index contributed by atoms with van der Waals surface area (Å²) >= 11 is 0. The van der Waals surface area contributed by atoms with Crippen LogP contribution in [0.25, 0.3) is 0 Å². The molecule has 3 rings (SSSR count). The van der Waals surface area contributed by atoms with E-state index < -0.39 is 0 Å². The van der Waals surface area contributed by atoms with Crippen LogP contribution in [0.15, 0.2) is 24.3 Å². The fourth-order valence-corrected chi connectivity index (χ4v) is 3.17. The molecule has 7 heteroatoms. The highest BCUT2D eigenvalue weighted by atomic mass is 16.5. The highest BCUT2D eigenvalue weighted by molar-refractivity contribution is 5.97. The number of methoxy groups -OCH3 is 1. The minimum Gasteiger partial charge on any atom is -0.497 e. The molecule has 1 aromatic carbocycles. The maximum Gasteiger partial charge on any atom is 0.317 e. The quantitative estimate of drug-likeness (QED) is 0.863. The zero-order valence-corrected chi connectivity index (χ0v) is 13.8. The van der Waals surface area contributed by atoms with Crippen molar-refractivity contribution in [1.29, 1.82) is 0 Å². The highest BCUT2D eigenvalue weighted by Crippen LogP contribution is 2.25.